The normalized spacial score (nSPS) is 11.9. The molecule has 0 fully saturated rings. The highest BCUT2D eigenvalue weighted by atomic mass is 16.3. The molecule has 0 radical (unpaired) electrons. The summed E-state index contributed by atoms with van der Waals surface area (Å²) in [4.78, 5) is 30.4. The molecule has 0 amide bonds. The molecular formula is C16H18N6O4. The van der Waals surface area contributed by atoms with Gasteiger partial charge in [0.25, 0.3) is 5.56 Å². The van der Waals surface area contributed by atoms with E-state index in [-0.39, 0.29) is 36.0 Å². The Balaban J connectivity index is 2.05. The summed E-state index contributed by atoms with van der Waals surface area (Å²) in [5.74, 6) is 0.373. The number of hydrogen-bond donors (Lipinski definition) is 4. The second kappa shape index (κ2) is 6.84. The largest absolute Gasteiger partial charge is 0.508 e. The van der Waals surface area contributed by atoms with Crippen LogP contribution in [0.15, 0.2) is 39.0 Å². The molecule has 10 heteroatoms. The Hall–Kier alpha value is -3.40. The molecule has 0 saturated carbocycles. The first kappa shape index (κ1) is 17.4. The number of phenols is 1. The van der Waals surface area contributed by atoms with Gasteiger partial charge in [0.15, 0.2) is 11.2 Å². The maximum Gasteiger partial charge on any atom is 0.329 e. The van der Waals surface area contributed by atoms with Gasteiger partial charge in [0.05, 0.1) is 12.3 Å². The molecule has 0 aliphatic heterocycles. The van der Waals surface area contributed by atoms with Crippen molar-refractivity contribution in [2.75, 3.05) is 12.0 Å². The summed E-state index contributed by atoms with van der Waals surface area (Å²) in [6.07, 6.45) is 0. The van der Waals surface area contributed by atoms with Gasteiger partial charge in [-0.1, -0.05) is 0 Å². The fourth-order valence-electron chi connectivity index (χ4n) is 2.54. The molecule has 0 aliphatic carbocycles. The van der Waals surface area contributed by atoms with Crippen LogP contribution in [0.3, 0.4) is 0 Å². The summed E-state index contributed by atoms with van der Waals surface area (Å²) in [7, 11) is 1.49. The summed E-state index contributed by atoms with van der Waals surface area (Å²) in [6, 6.07) is 6.51. The highest BCUT2D eigenvalue weighted by molar-refractivity contribution is 5.99. The Morgan fingerprint density at radius 1 is 1.31 bits per heavy atom. The first-order valence-electron chi connectivity index (χ1n) is 7.82. The number of anilines is 1. The second-order valence-corrected chi connectivity index (χ2v) is 5.66. The minimum atomic E-state index is -0.587. The van der Waals surface area contributed by atoms with E-state index < -0.39 is 11.2 Å². The second-order valence-electron chi connectivity index (χ2n) is 5.66. The van der Waals surface area contributed by atoms with Gasteiger partial charge in [-0.3, -0.25) is 14.3 Å². The van der Waals surface area contributed by atoms with E-state index in [1.54, 1.807) is 31.2 Å². The van der Waals surface area contributed by atoms with Crippen molar-refractivity contribution >= 4 is 22.8 Å². The highest BCUT2D eigenvalue weighted by Gasteiger charge is 2.16. The number of H-pyrrole nitrogens is 1. The number of aliphatic hydroxyl groups is 1. The summed E-state index contributed by atoms with van der Waals surface area (Å²) in [5, 5.41) is 22.9. The number of aromatic nitrogens is 4. The van der Waals surface area contributed by atoms with Crippen LogP contribution in [-0.2, 0) is 13.6 Å². The number of imidazole rings is 1. The number of aliphatic hydroxyl groups excluding tert-OH is 1. The Bertz CT molecular complexity index is 1090. The SMILES string of the molecule is C/C(=N\Nc1nc2c(c(=O)[nH]c(=O)n2C)n1CCO)c1ccc(O)cc1. The molecule has 0 spiro atoms. The van der Waals surface area contributed by atoms with Gasteiger partial charge in [-0.2, -0.15) is 10.1 Å². The fourth-order valence-corrected chi connectivity index (χ4v) is 2.54. The smallest absolute Gasteiger partial charge is 0.329 e. The molecule has 0 atom stereocenters. The first-order chi connectivity index (χ1) is 12.4. The van der Waals surface area contributed by atoms with Crippen LogP contribution in [0.4, 0.5) is 5.95 Å². The van der Waals surface area contributed by atoms with Crippen LogP contribution >= 0.6 is 0 Å². The van der Waals surface area contributed by atoms with Crippen molar-refractivity contribution in [3.8, 4) is 5.75 Å². The van der Waals surface area contributed by atoms with Crippen LogP contribution in [0.5, 0.6) is 5.75 Å². The molecule has 0 saturated heterocycles. The van der Waals surface area contributed by atoms with Crippen LogP contribution in [0.2, 0.25) is 0 Å². The number of phenolic OH excluding ortho intramolecular Hbond substituents is 1. The third-order valence-corrected chi connectivity index (χ3v) is 3.94. The lowest BCUT2D eigenvalue weighted by Gasteiger charge is -2.07. The number of nitrogens with one attached hydrogen (secondary N) is 2. The number of aryl methyl sites for hydroxylation is 1. The number of aromatic hydroxyl groups is 1. The molecule has 136 valence electrons. The molecule has 0 unspecified atom stereocenters. The maximum atomic E-state index is 12.2. The van der Waals surface area contributed by atoms with Crippen LogP contribution in [-0.4, -0.2) is 41.6 Å². The molecule has 2 aromatic heterocycles. The fraction of sp³-hybridized carbons (Fsp3) is 0.250. The van der Waals surface area contributed by atoms with E-state index in [9.17, 15) is 19.8 Å². The monoisotopic (exact) mass is 358 g/mol. The molecule has 26 heavy (non-hydrogen) atoms. The zero-order chi connectivity index (χ0) is 18.8. The molecule has 1 aromatic carbocycles. The van der Waals surface area contributed by atoms with Crippen LogP contribution in [0.1, 0.15) is 12.5 Å². The summed E-state index contributed by atoms with van der Waals surface area (Å²) in [6.45, 7) is 1.65. The lowest BCUT2D eigenvalue weighted by molar-refractivity contribution is 0.278. The molecule has 3 rings (SSSR count). The molecule has 2 heterocycles. The summed E-state index contributed by atoms with van der Waals surface area (Å²) >= 11 is 0. The van der Waals surface area contributed by atoms with E-state index in [1.807, 2.05) is 0 Å². The van der Waals surface area contributed by atoms with Gasteiger partial charge in [-0.15, -0.1) is 0 Å². The number of fused-ring (bicyclic) bond motifs is 1. The lowest BCUT2D eigenvalue weighted by atomic mass is 10.1. The Morgan fingerprint density at radius 2 is 2.00 bits per heavy atom. The quantitative estimate of drug-likeness (QED) is 0.373. The van der Waals surface area contributed by atoms with E-state index in [2.05, 4.69) is 20.5 Å². The molecule has 4 N–H and O–H groups in total. The predicted octanol–water partition coefficient (Wildman–Crippen LogP) is -0.0427. The number of hydrazone groups is 1. The lowest BCUT2D eigenvalue weighted by Crippen LogP contribution is -2.29. The average Bonchev–Trinajstić information content (AvgIpc) is 2.98. The van der Waals surface area contributed by atoms with Gasteiger partial charge in [0.1, 0.15) is 5.75 Å². The molecule has 0 aliphatic rings. The van der Waals surface area contributed by atoms with Crippen molar-refractivity contribution in [3.63, 3.8) is 0 Å². The third-order valence-electron chi connectivity index (χ3n) is 3.94. The van der Waals surface area contributed by atoms with Crippen molar-refractivity contribution in [1.29, 1.82) is 0 Å². The minimum Gasteiger partial charge on any atom is -0.508 e. The number of benzene rings is 1. The minimum absolute atomic E-state index is 0.105. The molecule has 10 nitrogen and oxygen atoms in total. The molecule has 3 aromatic rings. The van der Waals surface area contributed by atoms with E-state index in [0.29, 0.717) is 5.71 Å². The van der Waals surface area contributed by atoms with Gasteiger partial charge in [0, 0.05) is 13.6 Å². The zero-order valence-electron chi connectivity index (χ0n) is 14.2. The van der Waals surface area contributed by atoms with Crippen molar-refractivity contribution in [3.05, 3.63) is 50.7 Å². The van der Waals surface area contributed by atoms with Gasteiger partial charge in [-0.25, -0.2) is 10.2 Å². The summed E-state index contributed by atoms with van der Waals surface area (Å²) in [5.41, 5.74) is 3.37. The van der Waals surface area contributed by atoms with Crippen molar-refractivity contribution in [1.82, 2.24) is 19.1 Å². The average molecular weight is 358 g/mol. The van der Waals surface area contributed by atoms with E-state index in [0.717, 1.165) is 5.56 Å². The maximum absolute atomic E-state index is 12.2. The van der Waals surface area contributed by atoms with Crippen LogP contribution in [0.25, 0.3) is 11.2 Å². The third kappa shape index (κ3) is 3.09. The highest BCUT2D eigenvalue weighted by Crippen LogP contribution is 2.16. The first-order valence-corrected chi connectivity index (χ1v) is 7.82. The van der Waals surface area contributed by atoms with E-state index in [4.69, 9.17) is 0 Å². The number of rotatable bonds is 5. The van der Waals surface area contributed by atoms with E-state index in [1.165, 1.54) is 16.2 Å². The van der Waals surface area contributed by atoms with Crippen LogP contribution < -0.4 is 16.7 Å². The Labute approximate surface area is 147 Å². The molecular weight excluding hydrogens is 340 g/mol. The number of nitrogens with zero attached hydrogens (tertiary/aromatic N) is 4. The van der Waals surface area contributed by atoms with Gasteiger partial charge >= 0.3 is 5.69 Å². The number of aromatic amines is 1. The zero-order valence-corrected chi connectivity index (χ0v) is 14.2. The van der Waals surface area contributed by atoms with Gasteiger partial charge in [0.2, 0.25) is 5.95 Å². The number of hydrogen-bond acceptors (Lipinski definition) is 7. The summed E-state index contributed by atoms with van der Waals surface area (Å²) < 4.78 is 2.67. The van der Waals surface area contributed by atoms with Crippen molar-refractivity contribution < 1.29 is 10.2 Å². The van der Waals surface area contributed by atoms with Gasteiger partial charge < -0.3 is 14.8 Å². The Kier molecular flexibility index (Phi) is 4.59. The standard InChI is InChI=1S/C16H18N6O4/c1-9(10-3-5-11(24)6-4-10)19-20-15-17-13-12(22(15)7-8-23)14(25)18-16(26)21(13)2/h3-6,23-24H,7-8H2,1-2H3,(H,17,20)(H,18,25,26)/b19-9+. The van der Waals surface area contributed by atoms with Crippen molar-refractivity contribution in [2.45, 2.75) is 13.5 Å². The van der Waals surface area contributed by atoms with Gasteiger partial charge in [-0.05, 0) is 36.8 Å². The van der Waals surface area contributed by atoms with E-state index >= 15 is 0 Å². The van der Waals surface area contributed by atoms with Crippen LogP contribution in [0, 0.1) is 0 Å². The Morgan fingerprint density at radius 3 is 2.65 bits per heavy atom. The molecule has 0 bridgehead atoms. The van der Waals surface area contributed by atoms with Crippen molar-refractivity contribution in [2.24, 2.45) is 12.1 Å². The predicted molar refractivity (Wildman–Crippen MR) is 96.6 cm³/mol. The topological polar surface area (TPSA) is 138 Å².